The van der Waals surface area contributed by atoms with E-state index < -0.39 is 0 Å². The van der Waals surface area contributed by atoms with E-state index in [1.165, 1.54) is 50.8 Å². The first-order chi connectivity index (χ1) is 13.1. The van der Waals surface area contributed by atoms with E-state index in [1.807, 2.05) is 0 Å². The molecular weight excluding hydrogens is 356 g/mol. The van der Waals surface area contributed by atoms with Gasteiger partial charge in [0.1, 0.15) is 0 Å². The molecule has 1 heterocycles. The summed E-state index contributed by atoms with van der Waals surface area (Å²) in [5, 5.41) is 0.835. The monoisotopic (exact) mass is 392 g/mol. The summed E-state index contributed by atoms with van der Waals surface area (Å²) < 4.78 is 5.59. The Morgan fingerprint density at radius 2 is 1.74 bits per heavy atom. The summed E-state index contributed by atoms with van der Waals surface area (Å²) in [4.78, 5) is 5.46. The van der Waals surface area contributed by atoms with Crippen molar-refractivity contribution in [2.45, 2.75) is 64.5 Å². The maximum absolute atomic E-state index is 6.22. The number of nitrogens with zero attached hydrogens (tertiary/aromatic N) is 2. The van der Waals surface area contributed by atoms with Gasteiger partial charge in [0.25, 0.3) is 0 Å². The molecular formula is C23H37ClN2O. The van der Waals surface area contributed by atoms with Gasteiger partial charge >= 0.3 is 0 Å². The maximum atomic E-state index is 6.22. The van der Waals surface area contributed by atoms with E-state index >= 15 is 0 Å². The first-order valence-corrected chi connectivity index (χ1v) is 11.3. The van der Waals surface area contributed by atoms with Crippen molar-refractivity contribution in [1.29, 1.82) is 0 Å². The number of hydrogen-bond acceptors (Lipinski definition) is 3. The van der Waals surface area contributed by atoms with E-state index in [4.69, 9.17) is 16.3 Å². The van der Waals surface area contributed by atoms with Crippen LogP contribution in [-0.4, -0.2) is 55.2 Å². The number of morpholine rings is 1. The van der Waals surface area contributed by atoms with Crippen molar-refractivity contribution in [1.82, 2.24) is 9.80 Å². The minimum atomic E-state index is 0.152. The van der Waals surface area contributed by atoms with Crippen LogP contribution >= 0.6 is 11.6 Å². The molecule has 1 aliphatic carbocycles. The van der Waals surface area contributed by atoms with Gasteiger partial charge < -0.3 is 4.74 Å². The van der Waals surface area contributed by atoms with E-state index in [-0.39, 0.29) is 5.54 Å². The third-order valence-corrected chi connectivity index (χ3v) is 6.91. The summed E-state index contributed by atoms with van der Waals surface area (Å²) in [6, 6.07) is 9.41. The van der Waals surface area contributed by atoms with Crippen LogP contribution in [0.3, 0.4) is 0 Å². The van der Waals surface area contributed by atoms with Crippen molar-refractivity contribution < 1.29 is 4.74 Å². The molecule has 3 nitrogen and oxygen atoms in total. The molecule has 27 heavy (non-hydrogen) atoms. The summed E-state index contributed by atoms with van der Waals surface area (Å²) >= 11 is 6.22. The Kier molecular flexibility index (Phi) is 7.61. The molecule has 0 amide bonds. The Hall–Kier alpha value is -0.610. The number of ether oxygens (including phenoxy) is 1. The Labute approximate surface area is 171 Å². The first-order valence-electron chi connectivity index (χ1n) is 10.9. The van der Waals surface area contributed by atoms with Crippen molar-refractivity contribution in [3.63, 3.8) is 0 Å². The molecule has 0 N–H and O–H groups in total. The fourth-order valence-corrected chi connectivity index (χ4v) is 5.59. The average Bonchev–Trinajstić information content (AvgIpc) is 2.69. The van der Waals surface area contributed by atoms with Crippen LogP contribution in [0, 0.1) is 5.92 Å². The molecule has 2 fully saturated rings. The van der Waals surface area contributed by atoms with Crippen molar-refractivity contribution in [2.24, 2.45) is 5.92 Å². The second-order valence-corrected chi connectivity index (χ2v) is 8.90. The first kappa shape index (κ1) is 21.1. The van der Waals surface area contributed by atoms with Crippen LogP contribution in [0.25, 0.3) is 0 Å². The van der Waals surface area contributed by atoms with E-state index in [0.717, 1.165) is 31.3 Å². The highest BCUT2D eigenvalue weighted by Crippen LogP contribution is 2.46. The van der Waals surface area contributed by atoms with Gasteiger partial charge in [-0.05, 0) is 68.8 Å². The minimum absolute atomic E-state index is 0.152. The predicted octanol–water partition coefficient (Wildman–Crippen LogP) is 5.18. The predicted molar refractivity (Wildman–Crippen MR) is 114 cm³/mol. The van der Waals surface area contributed by atoms with Crippen molar-refractivity contribution >= 4 is 11.6 Å². The molecule has 152 valence electrons. The summed E-state index contributed by atoms with van der Waals surface area (Å²) in [6.07, 6.45) is 6.15. The number of benzene rings is 1. The SMILES string of the molecule is CCCN(CCC)C1(c2ccc(Cl)cc2)CCC(N2CCOCC2)C(C)C1. The van der Waals surface area contributed by atoms with Crippen molar-refractivity contribution in [2.75, 3.05) is 39.4 Å². The Morgan fingerprint density at radius 1 is 1.11 bits per heavy atom. The fourth-order valence-electron chi connectivity index (χ4n) is 5.47. The molecule has 1 saturated carbocycles. The molecule has 3 unspecified atom stereocenters. The molecule has 0 radical (unpaired) electrons. The van der Waals surface area contributed by atoms with Crippen LogP contribution in [0.4, 0.5) is 0 Å². The number of halogens is 1. The molecule has 1 aromatic carbocycles. The second kappa shape index (κ2) is 9.73. The Balaban J connectivity index is 1.87. The number of hydrogen-bond donors (Lipinski definition) is 0. The largest absolute Gasteiger partial charge is 0.379 e. The van der Waals surface area contributed by atoms with Gasteiger partial charge in [0, 0.05) is 29.7 Å². The summed E-state index contributed by atoms with van der Waals surface area (Å²) in [5.41, 5.74) is 1.61. The van der Waals surface area contributed by atoms with Crippen LogP contribution in [0.1, 0.15) is 58.4 Å². The third kappa shape index (κ3) is 4.70. The fraction of sp³-hybridized carbons (Fsp3) is 0.739. The maximum Gasteiger partial charge on any atom is 0.0594 e. The number of rotatable bonds is 7. The molecule has 3 rings (SSSR count). The second-order valence-electron chi connectivity index (χ2n) is 8.46. The van der Waals surface area contributed by atoms with Gasteiger partial charge in [0.2, 0.25) is 0 Å². The smallest absolute Gasteiger partial charge is 0.0594 e. The third-order valence-electron chi connectivity index (χ3n) is 6.66. The highest BCUT2D eigenvalue weighted by atomic mass is 35.5. The summed E-state index contributed by atoms with van der Waals surface area (Å²) in [6.45, 7) is 13.4. The lowest BCUT2D eigenvalue weighted by molar-refractivity contribution is -0.0434. The molecule has 3 atom stereocenters. The van der Waals surface area contributed by atoms with E-state index in [2.05, 4.69) is 54.8 Å². The van der Waals surface area contributed by atoms with Gasteiger partial charge in [0.05, 0.1) is 13.2 Å². The van der Waals surface area contributed by atoms with Crippen LogP contribution in [-0.2, 0) is 10.3 Å². The normalized spacial score (nSPS) is 30.0. The highest BCUT2D eigenvalue weighted by Gasteiger charge is 2.45. The summed E-state index contributed by atoms with van der Waals surface area (Å²) in [7, 11) is 0. The molecule has 0 bridgehead atoms. The summed E-state index contributed by atoms with van der Waals surface area (Å²) in [5.74, 6) is 0.684. The van der Waals surface area contributed by atoms with Crippen molar-refractivity contribution in [3.8, 4) is 0 Å². The van der Waals surface area contributed by atoms with Gasteiger partial charge in [-0.3, -0.25) is 9.80 Å². The zero-order valence-electron chi connectivity index (χ0n) is 17.4. The molecule has 1 saturated heterocycles. The van der Waals surface area contributed by atoms with Gasteiger partial charge in [-0.15, -0.1) is 0 Å². The zero-order chi connectivity index (χ0) is 19.3. The lowest BCUT2D eigenvalue weighted by atomic mass is 9.68. The molecule has 0 aromatic heterocycles. The molecule has 2 aliphatic rings. The highest BCUT2D eigenvalue weighted by molar-refractivity contribution is 6.30. The van der Waals surface area contributed by atoms with Gasteiger partial charge in [-0.2, -0.15) is 0 Å². The quantitative estimate of drug-likeness (QED) is 0.635. The molecule has 4 heteroatoms. The molecule has 1 aliphatic heterocycles. The average molecular weight is 393 g/mol. The van der Waals surface area contributed by atoms with E-state index in [0.29, 0.717) is 12.0 Å². The minimum Gasteiger partial charge on any atom is -0.379 e. The lowest BCUT2D eigenvalue weighted by Crippen LogP contribution is -2.56. The Morgan fingerprint density at radius 3 is 2.30 bits per heavy atom. The van der Waals surface area contributed by atoms with Crippen LogP contribution in [0.2, 0.25) is 5.02 Å². The van der Waals surface area contributed by atoms with Gasteiger partial charge in [-0.25, -0.2) is 0 Å². The van der Waals surface area contributed by atoms with E-state index in [9.17, 15) is 0 Å². The topological polar surface area (TPSA) is 15.7 Å². The standard InChI is InChI=1S/C23H37ClN2O/c1-4-12-26(13-5-2)23(20-6-8-21(24)9-7-20)11-10-22(19(3)18-23)25-14-16-27-17-15-25/h6-9,19,22H,4-5,10-18H2,1-3H3. The van der Waals surface area contributed by atoms with E-state index in [1.54, 1.807) is 0 Å². The van der Waals surface area contributed by atoms with Crippen LogP contribution in [0.5, 0.6) is 0 Å². The zero-order valence-corrected chi connectivity index (χ0v) is 18.2. The Bertz CT molecular complexity index is 566. The van der Waals surface area contributed by atoms with Crippen molar-refractivity contribution in [3.05, 3.63) is 34.9 Å². The van der Waals surface area contributed by atoms with Gasteiger partial charge in [-0.1, -0.05) is 44.5 Å². The lowest BCUT2D eigenvalue weighted by Gasteiger charge is -2.53. The van der Waals surface area contributed by atoms with Crippen LogP contribution in [0.15, 0.2) is 24.3 Å². The molecule has 1 aromatic rings. The van der Waals surface area contributed by atoms with Crippen LogP contribution < -0.4 is 0 Å². The molecule has 0 spiro atoms. The van der Waals surface area contributed by atoms with Gasteiger partial charge in [0.15, 0.2) is 0 Å².